The van der Waals surface area contributed by atoms with Crippen molar-refractivity contribution < 1.29 is 23.5 Å². The fourth-order valence-electron chi connectivity index (χ4n) is 3.26. The van der Waals surface area contributed by atoms with Crippen LogP contribution in [0.1, 0.15) is 18.4 Å². The van der Waals surface area contributed by atoms with E-state index >= 15 is 0 Å². The van der Waals surface area contributed by atoms with Crippen LogP contribution in [0.25, 0.3) is 0 Å². The second-order valence-corrected chi connectivity index (χ2v) is 5.84. The molecule has 24 heavy (non-hydrogen) atoms. The van der Waals surface area contributed by atoms with Crippen molar-refractivity contribution in [1.82, 2.24) is 10.2 Å². The minimum Gasteiger partial charge on any atom is -0.494 e. The van der Waals surface area contributed by atoms with Crippen molar-refractivity contribution in [2.24, 2.45) is 0 Å². The number of nitrogens with zero attached hydrogens (tertiary/aromatic N) is 1. The number of amides is 2. The van der Waals surface area contributed by atoms with Gasteiger partial charge in [0.05, 0.1) is 20.1 Å². The van der Waals surface area contributed by atoms with Crippen molar-refractivity contribution >= 4 is 11.8 Å². The Balaban J connectivity index is 2.21. The zero-order valence-corrected chi connectivity index (χ0v) is 14.2. The fourth-order valence-corrected chi connectivity index (χ4v) is 3.26. The molecule has 0 bridgehead atoms. The highest BCUT2D eigenvalue weighted by atomic mass is 19.1. The fraction of sp³-hybridized carbons (Fsp3) is 0.529. The van der Waals surface area contributed by atoms with Gasteiger partial charge in [0, 0.05) is 20.7 Å². The molecule has 1 heterocycles. The lowest BCUT2D eigenvalue weighted by Crippen LogP contribution is -2.59. The summed E-state index contributed by atoms with van der Waals surface area (Å²) in [6.07, 6.45) is 1.28. The quantitative estimate of drug-likeness (QED) is 0.844. The molecule has 1 aliphatic rings. The summed E-state index contributed by atoms with van der Waals surface area (Å²) < 4.78 is 23.9. The molecule has 7 heteroatoms. The molecule has 1 aromatic carbocycles. The minimum absolute atomic E-state index is 0.0172. The van der Waals surface area contributed by atoms with E-state index in [4.69, 9.17) is 9.47 Å². The number of likely N-dealkylation sites (tertiary alicyclic amines) is 1. The van der Waals surface area contributed by atoms with Gasteiger partial charge in [-0.3, -0.25) is 9.59 Å². The van der Waals surface area contributed by atoms with Gasteiger partial charge in [-0.1, -0.05) is 6.07 Å². The number of methoxy groups -OCH3 is 2. The van der Waals surface area contributed by atoms with Crippen molar-refractivity contribution in [2.75, 3.05) is 34.4 Å². The molecule has 1 saturated heterocycles. The Morgan fingerprint density at radius 3 is 2.71 bits per heavy atom. The number of carbonyl (C=O) groups is 2. The number of hydrogen-bond donors (Lipinski definition) is 1. The molecule has 1 aliphatic heterocycles. The van der Waals surface area contributed by atoms with E-state index in [-0.39, 0.29) is 30.6 Å². The molecule has 2 amide bonds. The summed E-state index contributed by atoms with van der Waals surface area (Å²) in [5.74, 6) is -0.848. The van der Waals surface area contributed by atoms with Crippen LogP contribution in [0.4, 0.5) is 4.39 Å². The van der Waals surface area contributed by atoms with E-state index in [1.165, 1.54) is 26.4 Å². The van der Waals surface area contributed by atoms with Gasteiger partial charge in [0.2, 0.25) is 11.8 Å². The second-order valence-electron chi connectivity index (χ2n) is 5.84. The number of nitrogens with one attached hydrogen (secondary N) is 1. The molecule has 0 spiro atoms. The van der Waals surface area contributed by atoms with Crippen molar-refractivity contribution in [3.63, 3.8) is 0 Å². The van der Waals surface area contributed by atoms with E-state index in [2.05, 4.69) is 5.32 Å². The van der Waals surface area contributed by atoms with Gasteiger partial charge in [0.25, 0.3) is 0 Å². The Kier molecular flexibility index (Phi) is 5.77. The standard InChI is InChI=1S/C17H23FN2O4/c1-19-16(22)17(11-23-2)7-4-8-20(17)15(21)10-12-5-6-14(24-3)13(18)9-12/h5-6,9H,4,7-8,10-11H2,1-3H3,(H,19,22). The highest BCUT2D eigenvalue weighted by molar-refractivity contribution is 5.92. The van der Waals surface area contributed by atoms with Crippen LogP contribution in [0.15, 0.2) is 18.2 Å². The van der Waals surface area contributed by atoms with E-state index in [1.54, 1.807) is 18.0 Å². The third kappa shape index (κ3) is 3.36. The topological polar surface area (TPSA) is 67.9 Å². The highest BCUT2D eigenvalue weighted by Crippen LogP contribution is 2.31. The first-order valence-corrected chi connectivity index (χ1v) is 7.82. The van der Waals surface area contributed by atoms with Crippen LogP contribution in [-0.2, 0) is 20.7 Å². The summed E-state index contributed by atoms with van der Waals surface area (Å²) in [5, 5.41) is 2.62. The summed E-state index contributed by atoms with van der Waals surface area (Å²) in [6, 6.07) is 4.42. The Labute approximate surface area is 140 Å². The van der Waals surface area contributed by atoms with Crippen LogP contribution >= 0.6 is 0 Å². The average molecular weight is 338 g/mol. The maximum Gasteiger partial charge on any atom is 0.248 e. The zero-order valence-electron chi connectivity index (χ0n) is 14.2. The molecule has 132 valence electrons. The van der Waals surface area contributed by atoms with Crippen molar-refractivity contribution in [2.45, 2.75) is 24.8 Å². The lowest BCUT2D eigenvalue weighted by atomic mass is 9.95. The summed E-state index contributed by atoms with van der Waals surface area (Å²) in [5.41, 5.74) is -0.459. The molecule has 0 aromatic heterocycles. The summed E-state index contributed by atoms with van der Waals surface area (Å²) >= 11 is 0. The highest BCUT2D eigenvalue weighted by Gasteiger charge is 2.49. The smallest absolute Gasteiger partial charge is 0.248 e. The van der Waals surface area contributed by atoms with Gasteiger partial charge in [-0.05, 0) is 30.5 Å². The second kappa shape index (κ2) is 7.61. The summed E-state index contributed by atoms with van der Waals surface area (Å²) in [6.45, 7) is 0.615. The van der Waals surface area contributed by atoms with Crippen LogP contribution in [0.5, 0.6) is 5.75 Å². The van der Waals surface area contributed by atoms with Crippen molar-refractivity contribution in [1.29, 1.82) is 0 Å². The van der Waals surface area contributed by atoms with Gasteiger partial charge >= 0.3 is 0 Å². The lowest BCUT2D eigenvalue weighted by Gasteiger charge is -2.36. The van der Waals surface area contributed by atoms with E-state index < -0.39 is 11.4 Å². The number of halogens is 1. The predicted molar refractivity (Wildman–Crippen MR) is 86.3 cm³/mol. The first-order valence-electron chi connectivity index (χ1n) is 7.82. The van der Waals surface area contributed by atoms with Gasteiger partial charge in [-0.25, -0.2) is 4.39 Å². The van der Waals surface area contributed by atoms with Gasteiger partial charge in [0.1, 0.15) is 5.54 Å². The first-order chi connectivity index (χ1) is 11.5. The lowest BCUT2D eigenvalue weighted by molar-refractivity contribution is -0.147. The Bertz CT molecular complexity index is 623. The van der Waals surface area contributed by atoms with Gasteiger partial charge in [0.15, 0.2) is 11.6 Å². The summed E-state index contributed by atoms with van der Waals surface area (Å²) in [7, 11) is 4.43. The van der Waals surface area contributed by atoms with E-state index in [0.29, 0.717) is 18.5 Å². The molecule has 6 nitrogen and oxygen atoms in total. The number of carbonyl (C=O) groups excluding carboxylic acids is 2. The number of likely N-dealkylation sites (N-methyl/N-ethyl adjacent to an activating group) is 1. The SMILES string of the molecule is CNC(=O)C1(COC)CCCN1C(=O)Cc1ccc(OC)c(F)c1. The monoisotopic (exact) mass is 338 g/mol. The minimum atomic E-state index is -0.994. The van der Waals surface area contributed by atoms with E-state index in [9.17, 15) is 14.0 Å². The molecule has 1 N–H and O–H groups in total. The number of rotatable bonds is 6. The maximum absolute atomic E-state index is 13.8. The molecular formula is C17H23FN2O4. The molecule has 0 aliphatic carbocycles. The van der Waals surface area contributed by atoms with E-state index in [0.717, 1.165) is 6.42 Å². The molecule has 1 aromatic rings. The molecule has 2 rings (SSSR count). The molecule has 0 radical (unpaired) electrons. The molecule has 0 saturated carbocycles. The van der Waals surface area contributed by atoms with Crippen molar-refractivity contribution in [3.05, 3.63) is 29.6 Å². The predicted octanol–water partition coefficient (Wildman–Crippen LogP) is 1.13. The Hall–Kier alpha value is -2.15. The first kappa shape index (κ1) is 18.2. The third-order valence-electron chi connectivity index (χ3n) is 4.39. The van der Waals surface area contributed by atoms with Gasteiger partial charge in [-0.2, -0.15) is 0 Å². The Morgan fingerprint density at radius 1 is 1.38 bits per heavy atom. The largest absolute Gasteiger partial charge is 0.494 e. The summed E-state index contributed by atoms with van der Waals surface area (Å²) in [4.78, 5) is 26.7. The molecular weight excluding hydrogens is 315 g/mol. The van der Waals surface area contributed by atoms with Crippen LogP contribution in [-0.4, -0.2) is 56.7 Å². The van der Waals surface area contributed by atoms with Crippen LogP contribution < -0.4 is 10.1 Å². The van der Waals surface area contributed by atoms with Crippen LogP contribution in [0.3, 0.4) is 0 Å². The van der Waals surface area contributed by atoms with E-state index in [1.807, 2.05) is 0 Å². The Morgan fingerprint density at radius 2 is 2.12 bits per heavy atom. The van der Waals surface area contributed by atoms with Gasteiger partial charge in [-0.15, -0.1) is 0 Å². The molecule has 1 unspecified atom stereocenters. The number of ether oxygens (including phenoxy) is 2. The number of hydrogen-bond acceptors (Lipinski definition) is 4. The number of benzene rings is 1. The normalized spacial score (nSPS) is 20.1. The average Bonchev–Trinajstić information content (AvgIpc) is 2.99. The van der Waals surface area contributed by atoms with Gasteiger partial charge < -0.3 is 19.7 Å². The molecule has 1 atom stereocenters. The van der Waals surface area contributed by atoms with Crippen molar-refractivity contribution in [3.8, 4) is 5.75 Å². The van der Waals surface area contributed by atoms with Crippen LogP contribution in [0, 0.1) is 5.82 Å². The third-order valence-corrected chi connectivity index (χ3v) is 4.39. The molecule has 1 fully saturated rings. The van der Waals surface area contributed by atoms with Crippen LogP contribution in [0.2, 0.25) is 0 Å². The zero-order chi connectivity index (χ0) is 17.7. The maximum atomic E-state index is 13.8.